The van der Waals surface area contributed by atoms with Crippen molar-refractivity contribution in [3.05, 3.63) is 0 Å². The summed E-state index contributed by atoms with van der Waals surface area (Å²) in [5.41, 5.74) is 0. The second-order valence-electron chi connectivity index (χ2n) is 6.14. The van der Waals surface area contributed by atoms with Gasteiger partial charge in [-0.1, -0.05) is 52.9 Å². The minimum Gasteiger partial charge on any atom is -0.299 e. The molecule has 0 spiro atoms. The van der Waals surface area contributed by atoms with Crippen LogP contribution in [0.15, 0.2) is 0 Å². The van der Waals surface area contributed by atoms with Crippen LogP contribution in [0.25, 0.3) is 0 Å². The summed E-state index contributed by atoms with van der Waals surface area (Å²) < 4.78 is 0. The Balaban J connectivity index is 2.23. The lowest BCUT2D eigenvalue weighted by Gasteiger charge is -2.30. The average Bonchev–Trinajstić information content (AvgIpc) is 2.30. The van der Waals surface area contributed by atoms with Crippen molar-refractivity contribution in [1.82, 2.24) is 0 Å². The molecule has 1 aliphatic carbocycles. The van der Waals surface area contributed by atoms with Crippen molar-refractivity contribution < 1.29 is 4.79 Å². The van der Waals surface area contributed by atoms with Gasteiger partial charge in [0.05, 0.1) is 0 Å². The quantitative estimate of drug-likeness (QED) is 0.571. The lowest BCUT2D eigenvalue weighted by atomic mass is 9.74. The number of hydrogen-bond donors (Lipinski definition) is 0. The molecule has 0 radical (unpaired) electrons. The predicted octanol–water partition coefficient (Wildman–Crippen LogP) is 4.99. The smallest absolute Gasteiger partial charge is 0.135 e. The highest BCUT2D eigenvalue weighted by atomic mass is 16.1. The van der Waals surface area contributed by atoms with Crippen LogP contribution >= 0.6 is 0 Å². The lowest BCUT2D eigenvalue weighted by molar-refractivity contribution is -0.126. The summed E-state index contributed by atoms with van der Waals surface area (Å²) in [7, 11) is 0. The van der Waals surface area contributed by atoms with Crippen molar-refractivity contribution in [3.63, 3.8) is 0 Å². The maximum absolute atomic E-state index is 11.9. The van der Waals surface area contributed by atoms with Gasteiger partial charge in [0.1, 0.15) is 5.78 Å². The van der Waals surface area contributed by atoms with Crippen molar-refractivity contribution >= 4 is 5.78 Å². The van der Waals surface area contributed by atoms with Crippen LogP contribution in [0.4, 0.5) is 0 Å². The van der Waals surface area contributed by atoms with Gasteiger partial charge in [-0.25, -0.2) is 0 Å². The van der Waals surface area contributed by atoms with Crippen LogP contribution in [-0.2, 0) is 4.79 Å². The molecule has 17 heavy (non-hydrogen) atoms. The number of carbonyl (C=O) groups is 1. The van der Waals surface area contributed by atoms with E-state index in [0.29, 0.717) is 11.7 Å². The Hall–Kier alpha value is -0.330. The van der Waals surface area contributed by atoms with Crippen molar-refractivity contribution in [3.8, 4) is 0 Å². The second-order valence-corrected chi connectivity index (χ2v) is 6.14. The van der Waals surface area contributed by atoms with Gasteiger partial charge >= 0.3 is 0 Å². The van der Waals surface area contributed by atoms with Gasteiger partial charge in [0.15, 0.2) is 0 Å². The predicted molar refractivity (Wildman–Crippen MR) is 74.1 cm³/mol. The van der Waals surface area contributed by atoms with Gasteiger partial charge in [-0.05, 0) is 31.1 Å². The first-order valence-corrected chi connectivity index (χ1v) is 7.67. The molecule has 0 aromatic carbocycles. The van der Waals surface area contributed by atoms with Crippen LogP contribution in [0.1, 0.15) is 78.6 Å². The molecule has 0 aliphatic heterocycles. The Kier molecular flexibility index (Phi) is 6.84. The summed E-state index contributed by atoms with van der Waals surface area (Å²) in [5.74, 6) is 2.51. The molecule has 1 nitrogen and oxygen atoms in total. The summed E-state index contributed by atoms with van der Waals surface area (Å²) in [6.07, 6.45) is 10.9. The van der Waals surface area contributed by atoms with E-state index in [2.05, 4.69) is 20.8 Å². The van der Waals surface area contributed by atoms with Crippen LogP contribution in [-0.4, -0.2) is 5.78 Å². The van der Waals surface area contributed by atoms with E-state index in [1.165, 1.54) is 38.5 Å². The Morgan fingerprint density at radius 2 is 1.88 bits per heavy atom. The number of Topliss-reactive ketones (excluding diaryl/α,β-unsaturated/α-hetero) is 1. The highest BCUT2D eigenvalue weighted by molar-refractivity contribution is 5.81. The van der Waals surface area contributed by atoms with Gasteiger partial charge in [0, 0.05) is 12.3 Å². The number of carbonyl (C=O) groups excluding carboxylic acids is 1. The van der Waals surface area contributed by atoms with Gasteiger partial charge in [-0.2, -0.15) is 0 Å². The normalized spacial score (nSPS) is 25.5. The fourth-order valence-corrected chi connectivity index (χ4v) is 3.03. The van der Waals surface area contributed by atoms with Gasteiger partial charge in [-0.3, -0.25) is 4.79 Å². The molecule has 2 unspecified atom stereocenters. The van der Waals surface area contributed by atoms with E-state index in [1.54, 1.807) is 0 Å². The maximum Gasteiger partial charge on any atom is 0.135 e. The maximum atomic E-state index is 11.9. The van der Waals surface area contributed by atoms with Crippen molar-refractivity contribution in [2.75, 3.05) is 0 Å². The van der Waals surface area contributed by atoms with Crippen molar-refractivity contribution in [1.29, 1.82) is 0 Å². The molecular weight excluding hydrogens is 208 g/mol. The fourth-order valence-electron chi connectivity index (χ4n) is 3.03. The summed E-state index contributed by atoms with van der Waals surface area (Å²) in [5, 5.41) is 0. The van der Waals surface area contributed by atoms with Crippen molar-refractivity contribution in [2.24, 2.45) is 17.8 Å². The van der Waals surface area contributed by atoms with Gasteiger partial charge in [0.25, 0.3) is 0 Å². The van der Waals surface area contributed by atoms with Crippen LogP contribution in [0, 0.1) is 17.8 Å². The van der Waals surface area contributed by atoms with Crippen LogP contribution in [0.3, 0.4) is 0 Å². The SMILES string of the molecule is CCCCCCCC1CC(C(C)C)CCC1=O. The van der Waals surface area contributed by atoms with E-state index >= 15 is 0 Å². The molecule has 0 amide bonds. The first-order valence-electron chi connectivity index (χ1n) is 7.67. The third kappa shape index (κ3) is 5.23. The fraction of sp³-hybridized carbons (Fsp3) is 0.938. The second kappa shape index (κ2) is 7.89. The molecule has 0 saturated heterocycles. The zero-order valence-electron chi connectivity index (χ0n) is 12.0. The Labute approximate surface area is 107 Å². The molecule has 0 heterocycles. The van der Waals surface area contributed by atoms with E-state index < -0.39 is 0 Å². The minimum absolute atomic E-state index is 0.401. The van der Waals surface area contributed by atoms with Crippen LogP contribution < -0.4 is 0 Å². The summed E-state index contributed by atoms with van der Waals surface area (Å²) in [6.45, 7) is 6.86. The minimum atomic E-state index is 0.401. The average molecular weight is 238 g/mol. The number of hydrogen-bond acceptors (Lipinski definition) is 1. The zero-order chi connectivity index (χ0) is 12.7. The van der Waals surface area contributed by atoms with E-state index in [-0.39, 0.29) is 0 Å². The molecule has 0 N–H and O–H groups in total. The Bertz CT molecular complexity index is 220. The van der Waals surface area contributed by atoms with E-state index in [4.69, 9.17) is 0 Å². The Morgan fingerprint density at radius 1 is 1.18 bits per heavy atom. The molecule has 1 saturated carbocycles. The van der Waals surface area contributed by atoms with Crippen molar-refractivity contribution in [2.45, 2.75) is 78.6 Å². The largest absolute Gasteiger partial charge is 0.299 e. The topological polar surface area (TPSA) is 17.1 Å². The first-order chi connectivity index (χ1) is 8.15. The third-order valence-electron chi connectivity index (χ3n) is 4.40. The summed E-state index contributed by atoms with van der Waals surface area (Å²) in [6, 6.07) is 0. The molecule has 1 aliphatic rings. The Morgan fingerprint density at radius 3 is 2.53 bits per heavy atom. The molecule has 0 aromatic rings. The summed E-state index contributed by atoms with van der Waals surface area (Å²) in [4.78, 5) is 11.9. The lowest BCUT2D eigenvalue weighted by Crippen LogP contribution is -2.27. The molecule has 1 fully saturated rings. The highest BCUT2D eigenvalue weighted by Crippen LogP contribution is 2.34. The molecule has 1 heteroatoms. The number of unbranched alkanes of at least 4 members (excludes halogenated alkanes) is 4. The first kappa shape index (κ1) is 14.7. The molecule has 0 bridgehead atoms. The molecule has 0 aromatic heterocycles. The van der Waals surface area contributed by atoms with E-state index in [9.17, 15) is 4.79 Å². The number of rotatable bonds is 7. The molecular formula is C16H30O. The number of ketones is 1. The third-order valence-corrected chi connectivity index (χ3v) is 4.40. The van der Waals surface area contributed by atoms with E-state index in [0.717, 1.165) is 31.1 Å². The summed E-state index contributed by atoms with van der Waals surface area (Å²) >= 11 is 0. The van der Waals surface area contributed by atoms with Gasteiger partial charge in [-0.15, -0.1) is 0 Å². The standard InChI is InChI=1S/C16H30O/c1-4-5-6-7-8-9-15-12-14(13(2)3)10-11-16(15)17/h13-15H,4-12H2,1-3H3. The van der Waals surface area contributed by atoms with Crippen LogP contribution in [0.2, 0.25) is 0 Å². The van der Waals surface area contributed by atoms with Crippen LogP contribution in [0.5, 0.6) is 0 Å². The van der Waals surface area contributed by atoms with E-state index in [1.807, 2.05) is 0 Å². The molecule has 100 valence electrons. The molecule has 1 rings (SSSR count). The monoisotopic (exact) mass is 238 g/mol. The van der Waals surface area contributed by atoms with Gasteiger partial charge in [0.2, 0.25) is 0 Å². The van der Waals surface area contributed by atoms with Gasteiger partial charge < -0.3 is 0 Å². The molecule has 2 atom stereocenters. The highest BCUT2D eigenvalue weighted by Gasteiger charge is 2.29. The zero-order valence-corrected chi connectivity index (χ0v) is 12.0.